The zero-order valence-electron chi connectivity index (χ0n) is 11.2. The summed E-state index contributed by atoms with van der Waals surface area (Å²) in [6.07, 6.45) is 0.0776. The normalized spacial score (nSPS) is 11.8. The maximum absolute atomic E-state index is 12.7. The van der Waals surface area contributed by atoms with Crippen LogP contribution in [0.4, 0.5) is 18.0 Å². The lowest BCUT2D eigenvalue weighted by atomic mass is 10.2. The molecule has 114 valence electrons. The second-order valence-electron chi connectivity index (χ2n) is 4.34. The van der Waals surface area contributed by atoms with Crippen LogP contribution in [0.25, 0.3) is 0 Å². The number of hydrogen-bond donors (Lipinski definition) is 0. The summed E-state index contributed by atoms with van der Waals surface area (Å²) in [5, 5.41) is 6.85. The molecular formula is C11H13F3N6O. The van der Waals surface area contributed by atoms with Gasteiger partial charge in [0.2, 0.25) is 0 Å². The van der Waals surface area contributed by atoms with Gasteiger partial charge in [0.25, 0.3) is 5.82 Å². The molecule has 0 saturated heterocycles. The summed E-state index contributed by atoms with van der Waals surface area (Å²) in [4.78, 5) is 19.1. The van der Waals surface area contributed by atoms with Gasteiger partial charge in [0, 0.05) is 6.42 Å². The molecule has 0 bridgehead atoms. The van der Waals surface area contributed by atoms with Gasteiger partial charge < -0.3 is 0 Å². The molecule has 0 amide bonds. The maximum Gasteiger partial charge on any atom is 0.453 e. The van der Waals surface area contributed by atoms with Crippen molar-refractivity contribution in [3.63, 3.8) is 0 Å². The third-order valence-corrected chi connectivity index (χ3v) is 2.73. The Morgan fingerprint density at radius 1 is 1.33 bits per heavy atom. The van der Waals surface area contributed by atoms with Crippen LogP contribution >= 0.6 is 0 Å². The SMILES string of the molecule is CCCCCc1nc(C(F)(F)F)nn1C(=O)n1cncn1. The number of carbonyl (C=O) groups is 1. The highest BCUT2D eigenvalue weighted by Gasteiger charge is 2.38. The van der Waals surface area contributed by atoms with Crippen LogP contribution in [0.1, 0.15) is 37.8 Å². The van der Waals surface area contributed by atoms with Crippen molar-refractivity contribution in [2.24, 2.45) is 0 Å². The van der Waals surface area contributed by atoms with E-state index in [2.05, 4.69) is 20.2 Å². The number of nitrogens with zero attached hydrogens (tertiary/aromatic N) is 6. The van der Waals surface area contributed by atoms with E-state index in [1.54, 1.807) is 0 Å². The Morgan fingerprint density at radius 3 is 2.67 bits per heavy atom. The molecule has 0 aliphatic rings. The van der Waals surface area contributed by atoms with Crippen LogP contribution in [-0.2, 0) is 12.6 Å². The lowest BCUT2D eigenvalue weighted by Gasteiger charge is -2.03. The minimum absolute atomic E-state index is 0.0312. The topological polar surface area (TPSA) is 78.5 Å². The summed E-state index contributed by atoms with van der Waals surface area (Å²) in [6.45, 7) is 1.96. The van der Waals surface area contributed by atoms with E-state index in [1.807, 2.05) is 6.92 Å². The van der Waals surface area contributed by atoms with Gasteiger partial charge in [0.1, 0.15) is 18.5 Å². The van der Waals surface area contributed by atoms with Crippen molar-refractivity contribution in [3.8, 4) is 0 Å². The molecule has 0 aliphatic heterocycles. The molecule has 0 N–H and O–H groups in total. The molecule has 2 heterocycles. The molecule has 10 heteroatoms. The number of hydrogen-bond acceptors (Lipinski definition) is 5. The first kappa shape index (κ1) is 15.1. The second kappa shape index (κ2) is 6.02. The van der Waals surface area contributed by atoms with Crippen molar-refractivity contribution in [1.29, 1.82) is 0 Å². The molecule has 0 unspecified atom stereocenters. The lowest BCUT2D eigenvalue weighted by Crippen LogP contribution is -2.23. The van der Waals surface area contributed by atoms with E-state index in [0.717, 1.165) is 30.2 Å². The minimum Gasteiger partial charge on any atom is -0.243 e. The first-order valence-corrected chi connectivity index (χ1v) is 6.36. The fourth-order valence-corrected chi connectivity index (χ4v) is 1.72. The molecule has 0 fully saturated rings. The largest absolute Gasteiger partial charge is 0.453 e. The van der Waals surface area contributed by atoms with Crippen LogP contribution in [0.15, 0.2) is 12.7 Å². The number of aryl methyl sites for hydroxylation is 1. The summed E-state index contributed by atoms with van der Waals surface area (Å²) in [5.74, 6) is -1.36. The van der Waals surface area contributed by atoms with Crippen molar-refractivity contribution in [3.05, 3.63) is 24.3 Å². The third-order valence-electron chi connectivity index (χ3n) is 2.73. The van der Waals surface area contributed by atoms with Gasteiger partial charge in [-0.3, -0.25) is 0 Å². The van der Waals surface area contributed by atoms with Crippen LogP contribution in [-0.4, -0.2) is 35.6 Å². The Morgan fingerprint density at radius 2 is 2.10 bits per heavy atom. The van der Waals surface area contributed by atoms with Crippen LogP contribution in [0, 0.1) is 0 Å². The average Bonchev–Trinajstić information content (AvgIpc) is 3.07. The van der Waals surface area contributed by atoms with Gasteiger partial charge in [-0.2, -0.15) is 27.6 Å². The maximum atomic E-state index is 12.7. The summed E-state index contributed by atoms with van der Waals surface area (Å²) in [6, 6.07) is -0.845. The number of alkyl halides is 3. The zero-order valence-corrected chi connectivity index (χ0v) is 11.2. The first-order valence-electron chi connectivity index (χ1n) is 6.36. The van der Waals surface area contributed by atoms with Gasteiger partial charge in [-0.15, -0.1) is 5.10 Å². The molecule has 0 aromatic carbocycles. The van der Waals surface area contributed by atoms with Gasteiger partial charge >= 0.3 is 12.2 Å². The van der Waals surface area contributed by atoms with Gasteiger partial charge in [-0.05, 0) is 6.42 Å². The summed E-state index contributed by atoms with van der Waals surface area (Å²) < 4.78 is 39.5. The van der Waals surface area contributed by atoms with E-state index in [0.29, 0.717) is 11.1 Å². The number of rotatable bonds is 4. The highest BCUT2D eigenvalue weighted by molar-refractivity contribution is 5.77. The van der Waals surface area contributed by atoms with Gasteiger partial charge in [0.05, 0.1) is 0 Å². The quantitative estimate of drug-likeness (QED) is 0.808. The fourth-order valence-electron chi connectivity index (χ4n) is 1.72. The zero-order chi connectivity index (χ0) is 15.5. The Hall–Kier alpha value is -2.26. The van der Waals surface area contributed by atoms with Crippen molar-refractivity contribution in [1.82, 2.24) is 29.5 Å². The van der Waals surface area contributed by atoms with E-state index in [1.165, 1.54) is 0 Å². The van der Waals surface area contributed by atoms with Gasteiger partial charge in [0.15, 0.2) is 0 Å². The molecule has 7 nitrogen and oxygen atoms in total. The van der Waals surface area contributed by atoms with E-state index >= 15 is 0 Å². The predicted molar refractivity (Wildman–Crippen MR) is 64.5 cm³/mol. The highest BCUT2D eigenvalue weighted by atomic mass is 19.4. The van der Waals surface area contributed by atoms with Crippen LogP contribution in [0.3, 0.4) is 0 Å². The predicted octanol–water partition coefficient (Wildman–Crippen LogP) is 2.14. The van der Waals surface area contributed by atoms with Crippen molar-refractivity contribution in [2.45, 2.75) is 38.8 Å². The molecule has 21 heavy (non-hydrogen) atoms. The third kappa shape index (κ3) is 3.44. The van der Waals surface area contributed by atoms with E-state index in [9.17, 15) is 18.0 Å². The lowest BCUT2D eigenvalue weighted by molar-refractivity contribution is -0.144. The van der Waals surface area contributed by atoms with Gasteiger partial charge in [-0.1, -0.05) is 19.8 Å². The molecule has 2 aromatic heterocycles. The Balaban J connectivity index is 2.33. The standard InChI is InChI=1S/C11H13F3N6O/c1-2-3-4-5-8-17-9(11(12,13)14)18-20(8)10(21)19-7-15-6-16-19/h6-7H,2-5H2,1H3. The monoisotopic (exact) mass is 302 g/mol. The fraction of sp³-hybridized carbons (Fsp3) is 0.545. The summed E-state index contributed by atoms with van der Waals surface area (Å²) in [5.41, 5.74) is 0. The molecule has 0 saturated carbocycles. The molecule has 0 spiro atoms. The van der Waals surface area contributed by atoms with E-state index < -0.39 is 18.0 Å². The van der Waals surface area contributed by atoms with Crippen LogP contribution in [0.2, 0.25) is 0 Å². The molecular weight excluding hydrogens is 289 g/mol. The molecule has 2 aromatic rings. The van der Waals surface area contributed by atoms with Crippen molar-refractivity contribution in [2.75, 3.05) is 0 Å². The molecule has 0 radical (unpaired) electrons. The average molecular weight is 302 g/mol. The van der Waals surface area contributed by atoms with Crippen molar-refractivity contribution < 1.29 is 18.0 Å². The number of aromatic nitrogens is 6. The number of unbranched alkanes of at least 4 members (excludes halogenated alkanes) is 2. The van der Waals surface area contributed by atoms with E-state index in [-0.39, 0.29) is 12.2 Å². The highest BCUT2D eigenvalue weighted by Crippen LogP contribution is 2.26. The smallest absolute Gasteiger partial charge is 0.243 e. The van der Waals surface area contributed by atoms with E-state index in [4.69, 9.17) is 0 Å². The Kier molecular flexibility index (Phi) is 4.34. The summed E-state index contributed by atoms with van der Waals surface area (Å²) >= 11 is 0. The minimum atomic E-state index is -4.70. The molecule has 0 aliphatic carbocycles. The van der Waals surface area contributed by atoms with Crippen LogP contribution < -0.4 is 0 Å². The second-order valence-corrected chi connectivity index (χ2v) is 4.34. The van der Waals surface area contributed by atoms with Crippen LogP contribution in [0.5, 0.6) is 0 Å². The Labute approximate surface area is 117 Å². The number of carbonyl (C=O) groups excluding carboxylic acids is 1. The van der Waals surface area contributed by atoms with Gasteiger partial charge in [-0.25, -0.2) is 14.8 Å². The molecule has 2 rings (SSSR count). The first-order chi connectivity index (χ1) is 9.93. The molecule has 0 atom stereocenters. The Bertz CT molecular complexity index is 604. The summed E-state index contributed by atoms with van der Waals surface area (Å²) in [7, 11) is 0. The number of halogens is 3. The van der Waals surface area contributed by atoms with Crippen molar-refractivity contribution >= 4 is 6.03 Å².